The van der Waals surface area contributed by atoms with Gasteiger partial charge in [-0.05, 0) is 51.5 Å². The lowest BCUT2D eigenvalue weighted by Crippen LogP contribution is -2.19. The summed E-state index contributed by atoms with van der Waals surface area (Å²) < 4.78 is 9.21. The number of hydrogen-bond acceptors (Lipinski definition) is 10. The number of para-hydroxylation sites is 2. The Balaban J connectivity index is 0.000000165. The molecular formula is C29H32N10O2. The van der Waals surface area contributed by atoms with E-state index in [4.69, 9.17) is 4.74 Å². The van der Waals surface area contributed by atoms with E-state index in [2.05, 4.69) is 30.4 Å². The minimum Gasteiger partial charge on any atom is -0.508 e. The first-order valence-electron chi connectivity index (χ1n) is 13.1. The molecule has 0 aliphatic rings. The fourth-order valence-electron chi connectivity index (χ4n) is 4.63. The molecule has 2 aromatic carbocycles. The summed E-state index contributed by atoms with van der Waals surface area (Å²) in [4.78, 5) is 12.9. The largest absolute Gasteiger partial charge is 0.508 e. The van der Waals surface area contributed by atoms with E-state index in [1.165, 1.54) is 0 Å². The molecule has 0 saturated heterocycles. The number of phenolic OH excluding ortho intramolecular Hbond substituents is 1. The van der Waals surface area contributed by atoms with Crippen LogP contribution in [0.1, 0.15) is 24.1 Å². The van der Waals surface area contributed by atoms with E-state index < -0.39 is 0 Å². The molecule has 0 aliphatic heterocycles. The molecule has 12 nitrogen and oxygen atoms in total. The van der Waals surface area contributed by atoms with E-state index in [-0.39, 0.29) is 5.75 Å². The Labute approximate surface area is 237 Å². The van der Waals surface area contributed by atoms with Gasteiger partial charge in [0.1, 0.15) is 23.1 Å². The average Bonchev–Trinajstić information content (AvgIpc) is 3.58. The summed E-state index contributed by atoms with van der Waals surface area (Å²) in [5.41, 5.74) is 4.34. The summed E-state index contributed by atoms with van der Waals surface area (Å²) in [7, 11) is 3.59. The first-order valence-corrected chi connectivity index (χ1v) is 13.1. The summed E-state index contributed by atoms with van der Waals surface area (Å²) in [6.07, 6.45) is 7.17. The Kier molecular flexibility index (Phi) is 7.64. The highest BCUT2D eigenvalue weighted by molar-refractivity contribution is 5.75. The van der Waals surface area contributed by atoms with Gasteiger partial charge in [-0.25, -0.2) is 9.97 Å². The molecule has 210 valence electrons. The van der Waals surface area contributed by atoms with E-state index in [9.17, 15) is 5.11 Å². The van der Waals surface area contributed by atoms with Crippen molar-refractivity contribution in [3.63, 3.8) is 0 Å². The molecule has 12 heteroatoms. The molecule has 41 heavy (non-hydrogen) atoms. The second-order valence-corrected chi connectivity index (χ2v) is 9.33. The number of phenols is 1. The van der Waals surface area contributed by atoms with Gasteiger partial charge in [0.15, 0.2) is 11.6 Å². The fraction of sp³-hybridized carbons (Fsp3) is 0.241. The van der Waals surface area contributed by atoms with Crippen LogP contribution in [0.15, 0.2) is 67.3 Å². The van der Waals surface area contributed by atoms with Crippen LogP contribution in [0.3, 0.4) is 0 Å². The predicted molar refractivity (Wildman–Crippen MR) is 158 cm³/mol. The first-order chi connectivity index (χ1) is 19.8. The number of nitrogens with zero attached hydrogens (tertiary/aromatic N) is 10. The van der Waals surface area contributed by atoms with Gasteiger partial charge in [0.25, 0.3) is 0 Å². The van der Waals surface area contributed by atoms with Crippen LogP contribution in [-0.2, 0) is 0 Å². The van der Waals surface area contributed by atoms with E-state index in [0.717, 1.165) is 51.6 Å². The van der Waals surface area contributed by atoms with Crippen molar-refractivity contribution < 1.29 is 9.84 Å². The summed E-state index contributed by atoms with van der Waals surface area (Å²) in [6, 6.07) is 13.1. The quantitative estimate of drug-likeness (QED) is 0.308. The Bertz CT molecular complexity index is 1810. The van der Waals surface area contributed by atoms with Crippen molar-refractivity contribution >= 4 is 34.3 Å². The van der Waals surface area contributed by atoms with E-state index in [1.807, 2.05) is 96.1 Å². The monoisotopic (exact) mass is 552 g/mol. The summed E-state index contributed by atoms with van der Waals surface area (Å²) in [5.74, 6) is 4.13. The number of aromatic hydroxyl groups is 1. The highest BCUT2D eigenvalue weighted by atomic mass is 16.5. The van der Waals surface area contributed by atoms with E-state index in [0.29, 0.717) is 12.2 Å². The number of methoxy groups -OCH3 is 1. The van der Waals surface area contributed by atoms with E-state index in [1.54, 1.807) is 31.6 Å². The molecular weight excluding hydrogens is 520 g/mol. The van der Waals surface area contributed by atoms with E-state index >= 15 is 0 Å². The van der Waals surface area contributed by atoms with Crippen LogP contribution < -0.4 is 14.5 Å². The molecule has 0 fully saturated rings. The van der Waals surface area contributed by atoms with Gasteiger partial charge in [-0.3, -0.25) is 8.80 Å². The number of ether oxygens (including phenoxy) is 1. The molecule has 0 unspecified atom stereocenters. The van der Waals surface area contributed by atoms with Crippen LogP contribution in [-0.4, -0.2) is 65.0 Å². The zero-order chi connectivity index (χ0) is 29.1. The maximum Gasteiger partial charge on any atom is 0.204 e. The van der Waals surface area contributed by atoms with Gasteiger partial charge in [0.2, 0.25) is 11.3 Å². The van der Waals surface area contributed by atoms with Gasteiger partial charge in [-0.2, -0.15) is 0 Å². The zero-order valence-electron chi connectivity index (χ0n) is 23.9. The molecule has 0 aliphatic carbocycles. The van der Waals surface area contributed by atoms with Crippen molar-refractivity contribution in [1.82, 2.24) is 39.2 Å². The van der Waals surface area contributed by atoms with Crippen LogP contribution in [0.25, 0.3) is 11.3 Å². The lowest BCUT2D eigenvalue weighted by molar-refractivity contribution is 0.415. The van der Waals surface area contributed by atoms with Gasteiger partial charge < -0.3 is 19.6 Å². The van der Waals surface area contributed by atoms with Crippen molar-refractivity contribution in [2.75, 3.05) is 30.5 Å². The number of aromatic nitrogens is 8. The molecule has 6 rings (SSSR count). The lowest BCUT2D eigenvalue weighted by Gasteiger charge is -2.24. The Morgan fingerprint density at radius 2 is 1.41 bits per heavy atom. The molecule has 1 N–H and O–H groups in total. The topological polar surface area (TPSA) is 122 Å². The van der Waals surface area contributed by atoms with Crippen LogP contribution in [0.2, 0.25) is 0 Å². The SMILES string of the molecule is CCN(c1cc(O)ccc1C)c1nccn2c(C)nnc12.COc1ccccc1N(C)c1nccn2c(C)nnc12. The molecule has 0 radical (unpaired) electrons. The van der Waals surface area contributed by atoms with Crippen molar-refractivity contribution in [2.45, 2.75) is 27.7 Å². The minimum atomic E-state index is 0.235. The molecule has 0 saturated carbocycles. The van der Waals surface area contributed by atoms with Gasteiger partial charge in [-0.15, -0.1) is 20.4 Å². The number of fused-ring (bicyclic) bond motifs is 2. The molecule has 0 amide bonds. The van der Waals surface area contributed by atoms with Crippen molar-refractivity contribution in [1.29, 1.82) is 0 Å². The van der Waals surface area contributed by atoms with Crippen molar-refractivity contribution in [3.8, 4) is 11.5 Å². The predicted octanol–water partition coefficient (Wildman–Crippen LogP) is 4.81. The molecule has 0 bridgehead atoms. The average molecular weight is 553 g/mol. The fourth-order valence-corrected chi connectivity index (χ4v) is 4.63. The smallest absolute Gasteiger partial charge is 0.204 e. The number of anilines is 4. The maximum absolute atomic E-state index is 9.77. The van der Waals surface area contributed by atoms with Gasteiger partial charge in [0, 0.05) is 50.1 Å². The summed E-state index contributed by atoms with van der Waals surface area (Å²) in [5, 5.41) is 26.4. The second kappa shape index (κ2) is 11.5. The third kappa shape index (κ3) is 5.19. The molecule has 0 spiro atoms. The van der Waals surface area contributed by atoms with Crippen LogP contribution in [0.4, 0.5) is 23.0 Å². The lowest BCUT2D eigenvalue weighted by atomic mass is 10.1. The number of benzene rings is 2. The van der Waals surface area contributed by atoms with Crippen LogP contribution in [0, 0.1) is 20.8 Å². The number of hydrogen-bond donors (Lipinski definition) is 1. The number of aryl methyl sites for hydroxylation is 3. The highest BCUT2D eigenvalue weighted by Crippen LogP contribution is 2.33. The highest BCUT2D eigenvalue weighted by Gasteiger charge is 2.18. The summed E-state index contributed by atoms with van der Waals surface area (Å²) >= 11 is 0. The minimum absolute atomic E-state index is 0.235. The normalized spacial score (nSPS) is 10.9. The summed E-state index contributed by atoms with van der Waals surface area (Å²) in [6.45, 7) is 8.57. The Morgan fingerprint density at radius 3 is 2.05 bits per heavy atom. The number of rotatable bonds is 6. The standard InChI is InChI=1S/C15H17N5O.C14H15N5O/c1-4-19(13-9-12(21)6-5-10(13)2)14-15-18-17-11(3)20(15)8-7-16-14;1-10-16-17-14-13(15-8-9-19(10)14)18(2)11-6-4-5-7-12(11)20-3/h5-9,21H,4H2,1-3H3;4-9H,1-3H3. The van der Waals surface area contributed by atoms with Crippen LogP contribution >= 0.6 is 0 Å². The van der Waals surface area contributed by atoms with Crippen LogP contribution in [0.5, 0.6) is 11.5 Å². The maximum atomic E-state index is 9.77. The Morgan fingerprint density at radius 1 is 0.805 bits per heavy atom. The molecule has 4 heterocycles. The van der Waals surface area contributed by atoms with Gasteiger partial charge in [-0.1, -0.05) is 18.2 Å². The Hall–Kier alpha value is -5.26. The molecule has 0 atom stereocenters. The second-order valence-electron chi connectivity index (χ2n) is 9.33. The third-order valence-electron chi connectivity index (χ3n) is 6.78. The van der Waals surface area contributed by atoms with Crippen molar-refractivity contribution in [2.24, 2.45) is 0 Å². The third-order valence-corrected chi connectivity index (χ3v) is 6.78. The molecule has 4 aromatic heterocycles. The molecule has 6 aromatic rings. The van der Waals surface area contributed by atoms with Crippen molar-refractivity contribution in [3.05, 3.63) is 84.5 Å². The van der Waals surface area contributed by atoms with Gasteiger partial charge in [0.05, 0.1) is 12.8 Å². The first kappa shape index (κ1) is 27.3. The van der Waals surface area contributed by atoms with Gasteiger partial charge >= 0.3 is 0 Å². The zero-order valence-corrected chi connectivity index (χ0v) is 23.9.